The van der Waals surface area contributed by atoms with Gasteiger partial charge in [0.15, 0.2) is 16.3 Å². The molecule has 0 N–H and O–H groups in total. The number of ether oxygens (including phenoxy) is 3. The summed E-state index contributed by atoms with van der Waals surface area (Å²) in [6, 6.07) is 13.3. The molecule has 4 aromatic rings. The fraction of sp³-hybridized carbons (Fsp3) is 0.233. The quantitative estimate of drug-likeness (QED) is 0.234. The van der Waals surface area contributed by atoms with Crippen LogP contribution >= 0.6 is 34.5 Å². The van der Waals surface area contributed by atoms with E-state index < -0.39 is 12.0 Å². The number of furan rings is 1. The van der Waals surface area contributed by atoms with Crippen molar-refractivity contribution >= 4 is 46.6 Å². The smallest absolute Gasteiger partial charge is 0.338 e. The normalized spacial score (nSPS) is 15.0. The lowest BCUT2D eigenvalue weighted by molar-refractivity contribution is -0.139. The Bertz CT molecular complexity index is 1850. The van der Waals surface area contributed by atoms with E-state index in [9.17, 15) is 9.59 Å². The molecule has 0 saturated carbocycles. The molecule has 0 fully saturated rings. The molecule has 0 spiro atoms. The van der Waals surface area contributed by atoms with Crippen molar-refractivity contribution in [3.05, 3.63) is 101 Å². The van der Waals surface area contributed by atoms with Crippen LogP contribution in [0.3, 0.4) is 0 Å². The summed E-state index contributed by atoms with van der Waals surface area (Å²) in [6.45, 7) is 5.83. The van der Waals surface area contributed by atoms with E-state index in [0.717, 1.165) is 5.56 Å². The molecule has 2 aromatic carbocycles. The van der Waals surface area contributed by atoms with Gasteiger partial charge in [0.05, 0.1) is 46.2 Å². The second-order valence-electron chi connectivity index (χ2n) is 8.94. The van der Waals surface area contributed by atoms with E-state index >= 15 is 0 Å². The minimum Gasteiger partial charge on any atom is -0.493 e. The minimum atomic E-state index is -0.854. The zero-order chi connectivity index (χ0) is 29.3. The van der Waals surface area contributed by atoms with Crippen LogP contribution in [0.4, 0.5) is 0 Å². The number of carbonyl (C=O) groups excluding carboxylic acids is 1. The minimum absolute atomic E-state index is 0.169. The summed E-state index contributed by atoms with van der Waals surface area (Å²) in [7, 11) is 1.54. The largest absolute Gasteiger partial charge is 0.493 e. The molecule has 1 aliphatic rings. The Morgan fingerprint density at radius 1 is 1.12 bits per heavy atom. The number of allylic oxidation sites excluding steroid dienone is 1. The Morgan fingerprint density at radius 3 is 2.63 bits per heavy atom. The first kappa shape index (κ1) is 28.7. The number of nitrogens with zero attached hydrogens (tertiary/aromatic N) is 2. The van der Waals surface area contributed by atoms with E-state index in [1.165, 1.54) is 23.0 Å². The van der Waals surface area contributed by atoms with Crippen LogP contribution in [0.1, 0.15) is 38.1 Å². The summed E-state index contributed by atoms with van der Waals surface area (Å²) in [6.07, 6.45) is 1.65. The van der Waals surface area contributed by atoms with Gasteiger partial charge in [0.2, 0.25) is 0 Å². The SMILES string of the molecule is CCOC(=O)C1=C(C)N=c2sc(=Cc3ccc(-c4ccc(Cl)c(Cl)c4)o3)c(=O)n2C1c1cccc(OC)c1OCC. The Balaban J connectivity index is 1.68. The van der Waals surface area contributed by atoms with Gasteiger partial charge in [-0.25, -0.2) is 9.79 Å². The molecule has 3 heterocycles. The molecule has 8 nitrogen and oxygen atoms in total. The topological polar surface area (TPSA) is 92.3 Å². The maximum atomic E-state index is 14.0. The molecule has 11 heteroatoms. The van der Waals surface area contributed by atoms with E-state index in [2.05, 4.69) is 4.99 Å². The summed E-state index contributed by atoms with van der Waals surface area (Å²) in [5.74, 6) is 1.39. The number of methoxy groups -OCH3 is 1. The van der Waals surface area contributed by atoms with E-state index in [1.54, 1.807) is 62.4 Å². The maximum Gasteiger partial charge on any atom is 0.338 e. The van der Waals surface area contributed by atoms with Gasteiger partial charge < -0.3 is 18.6 Å². The van der Waals surface area contributed by atoms with Crippen LogP contribution < -0.4 is 24.4 Å². The van der Waals surface area contributed by atoms with Gasteiger partial charge >= 0.3 is 5.97 Å². The van der Waals surface area contributed by atoms with Crippen molar-refractivity contribution in [3.63, 3.8) is 0 Å². The van der Waals surface area contributed by atoms with Crippen LogP contribution in [0.25, 0.3) is 17.4 Å². The third-order valence-electron chi connectivity index (χ3n) is 6.43. The predicted molar refractivity (Wildman–Crippen MR) is 159 cm³/mol. The Kier molecular flexibility index (Phi) is 8.40. The molecule has 1 aliphatic heterocycles. The molecule has 0 radical (unpaired) electrons. The number of hydrogen-bond donors (Lipinski definition) is 0. The van der Waals surface area contributed by atoms with Crippen molar-refractivity contribution in [2.75, 3.05) is 20.3 Å². The van der Waals surface area contributed by atoms with Crippen LogP contribution in [0.15, 0.2) is 74.0 Å². The molecule has 0 bridgehead atoms. The predicted octanol–water partition coefficient (Wildman–Crippen LogP) is 5.77. The number of thiazole rings is 1. The first-order valence-electron chi connectivity index (χ1n) is 12.8. The number of hydrogen-bond acceptors (Lipinski definition) is 8. The van der Waals surface area contributed by atoms with E-state index in [4.69, 9.17) is 41.8 Å². The third kappa shape index (κ3) is 5.45. The molecule has 0 saturated heterocycles. The summed E-state index contributed by atoms with van der Waals surface area (Å²) >= 11 is 13.4. The second kappa shape index (κ2) is 12.0. The van der Waals surface area contributed by atoms with Gasteiger partial charge in [-0.2, -0.15) is 0 Å². The number of halogens is 2. The number of para-hydroxylation sites is 1. The lowest BCUT2D eigenvalue weighted by Gasteiger charge is -2.26. The number of rotatable bonds is 8. The van der Waals surface area contributed by atoms with Gasteiger partial charge in [-0.15, -0.1) is 0 Å². The van der Waals surface area contributed by atoms with E-state index in [1.807, 2.05) is 13.0 Å². The lowest BCUT2D eigenvalue weighted by Crippen LogP contribution is -2.40. The molecule has 0 amide bonds. The van der Waals surface area contributed by atoms with Crippen molar-refractivity contribution in [2.45, 2.75) is 26.8 Å². The van der Waals surface area contributed by atoms with Crippen molar-refractivity contribution < 1.29 is 23.4 Å². The van der Waals surface area contributed by atoms with E-state index in [0.29, 0.717) is 60.3 Å². The molecule has 1 atom stereocenters. The van der Waals surface area contributed by atoms with Crippen molar-refractivity contribution in [2.24, 2.45) is 4.99 Å². The Labute approximate surface area is 249 Å². The average molecular weight is 614 g/mol. The number of carbonyl (C=O) groups is 1. The van der Waals surface area contributed by atoms with Crippen LogP contribution in [-0.2, 0) is 9.53 Å². The molecular formula is C30H26Cl2N2O6S. The highest BCUT2D eigenvalue weighted by Crippen LogP contribution is 2.40. The second-order valence-corrected chi connectivity index (χ2v) is 10.8. The molecular weight excluding hydrogens is 587 g/mol. The number of fused-ring (bicyclic) bond motifs is 1. The van der Waals surface area contributed by atoms with Crippen LogP contribution in [0.5, 0.6) is 11.5 Å². The van der Waals surface area contributed by atoms with E-state index in [-0.39, 0.29) is 17.7 Å². The van der Waals surface area contributed by atoms with Crippen molar-refractivity contribution in [1.29, 1.82) is 0 Å². The highest BCUT2D eigenvalue weighted by Gasteiger charge is 2.36. The molecule has 5 rings (SSSR count). The zero-order valence-electron chi connectivity index (χ0n) is 22.7. The molecule has 2 aromatic heterocycles. The third-order valence-corrected chi connectivity index (χ3v) is 8.16. The summed E-state index contributed by atoms with van der Waals surface area (Å²) in [5.41, 5.74) is 1.69. The van der Waals surface area contributed by atoms with Crippen LogP contribution in [0, 0.1) is 0 Å². The van der Waals surface area contributed by atoms with Gasteiger partial charge in [0.25, 0.3) is 5.56 Å². The number of benzene rings is 2. The fourth-order valence-electron chi connectivity index (χ4n) is 4.66. The number of aromatic nitrogens is 1. The number of esters is 1. The molecule has 1 unspecified atom stereocenters. The zero-order valence-corrected chi connectivity index (χ0v) is 25.0. The molecule has 0 aliphatic carbocycles. The molecule has 41 heavy (non-hydrogen) atoms. The standard InChI is InChI=1S/C30H26Cl2N2O6S/c1-5-38-27-19(8-7-9-23(27)37-4)26-25(29(36)39-6-2)16(3)33-30-34(26)28(35)24(41-30)15-18-11-13-22(40-18)17-10-12-20(31)21(32)14-17/h7-15,26H,5-6H2,1-4H3. The Hall–Kier alpha value is -3.79. The summed E-state index contributed by atoms with van der Waals surface area (Å²) in [5, 5.41) is 0.853. The van der Waals surface area contributed by atoms with Crippen molar-refractivity contribution in [1.82, 2.24) is 4.57 Å². The van der Waals surface area contributed by atoms with Crippen LogP contribution in [0.2, 0.25) is 10.0 Å². The summed E-state index contributed by atoms with van der Waals surface area (Å²) < 4.78 is 24.8. The summed E-state index contributed by atoms with van der Waals surface area (Å²) in [4.78, 5) is 32.3. The van der Waals surface area contributed by atoms with Gasteiger partial charge in [-0.05, 0) is 57.2 Å². The Morgan fingerprint density at radius 2 is 1.93 bits per heavy atom. The highest BCUT2D eigenvalue weighted by molar-refractivity contribution is 7.07. The van der Waals surface area contributed by atoms with Gasteiger partial charge in [0, 0.05) is 17.2 Å². The van der Waals surface area contributed by atoms with Gasteiger partial charge in [0.1, 0.15) is 17.6 Å². The highest BCUT2D eigenvalue weighted by atomic mass is 35.5. The first-order valence-corrected chi connectivity index (χ1v) is 14.4. The van der Waals surface area contributed by atoms with Gasteiger partial charge in [-0.3, -0.25) is 9.36 Å². The van der Waals surface area contributed by atoms with Gasteiger partial charge in [-0.1, -0.05) is 46.7 Å². The lowest BCUT2D eigenvalue weighted by atomic mass is 9.94. The van der Waals surface area contributed by atoms with Crippen molar-refractivity contribution in [3.8, 4) is 22.8 Å². The maximum absolute atomic E-state index is 14.0. The first-order chi connectivity index (χ1) is 19.8. The average Bonchev–Trinajstić information content (AvgIpc) is 3.54. The van der Waals surface area contributed by atoms with Crippen LogP contribution in [-0.4, -0.2) is 30.9 Å². The fourth-order valence-corrected chi connectivity index (χ4v) is 5.98. The monoisotopic (exact) mass is 612 g/mol. The molecule has 212 valence electrons.